The van der Waals surface area contributed by atoms with Gasteiger partial charge >= 0.3 is 0 Å². The first-order chi connectivity index (χ1) is 8.98. The summed E-state index contributed by atoms with van der Waals surface area (Å²) in [7, 11) is 0. The minimum atomic E-state index is -1.81. The molecular formula is C13H16O6. The third-order valence-electron chi connectivity index (χ3n) is 4.14. The Labute approximate surface area is 109 Å². The van der Waals surface area contributed by atoms with E-state index in [-0.39, 0.29) is 0 Å². The van der Waals surface area contributed by atoms with Crippen molar-refractivity contribution in [1.82, 2.24) is 0 Å². The van der Waals surface area contributed by atoms with Crippen molar-refractivity contribution in [2.24, 2.45) is 0 Å². The van der Waals surface area contributed by atoms with Crippen molar-refractivity contribution in [3.8, 4) is 0 Å². The molecule has 19 heavy (non-hydrogen) atoms. The number of aliphatic hydroxyl groups is 5. The van der Waals surface area contributed by atoms with Crippen LogP contribution in [-0.2, 0) is 4.74 Å². The van der Waals surface area contributed by atoms with Gasteiger partial charge in [0.1, 0.15) is 23.9 Å². The Hall–Kier alpha value is -1.02. The standard InChI is InChI=1S/C13H16O6/c14-8-7(6-4-2-1-3-5-6)13(18)10(16)9(15)12(17)19-11(8)13/h1-5,7-12,14-18H/t7?,8?,9-,10-,11-,12?,13+/m1/s1. The van der Waals surface area contributed by atoms with Crippen molar-refractivity contribution in [1.29, 1.82) is 0 Å². The molecule has 6 heteroatoms. The Bertz CT molecular complexity index is 461. The third kappa shape index (κ3) is 1.59. The first-order valence-corrected chi connectivity index (χ1v) is 6.13. The van der Waals surface area contributed by atoms with Crippen LogP contribution in [0, 0.1) is 0 Å². The van der Waals surface area contributed by atoms with E-state index in [9.17, 15) is 25.5 Å². The maximum absolute atomic E-state index is 10.6. The molecule has 1 aliphatic heterocycles. The molecule has 1 aromatic carbocycles. The van der Waals surface area contributed by atoms with E-state index in [0.717, 1.165) is 0 Å². The number of aliphatic hydroxyl groups excluding tert-OH is 4. The second-order valence-corrected chi connectivity index (χ2v) is 5.15. The average Bonchev–Trinajstić information content (AvgIpc) is 2.42. The molecule has 1 heterocycles. The van der Waals surface area contributed by atoms with E-state index in [0.29, 0.717) is 5.56 Å². The second-order valence-electron chi connectivity index (χ2n) is 5.15. The zero-order chi connectivity index (χ0) is 13.8. The molecule has 3 unspecified atom stereocenters. The zero-order valence-corrected chi connectivity index (χ0v) is 10.00. The SMILES string of the molecule is OC1C(c2ccccc2)[C@@]2(O)[C@@H]1OC(O)[C@H](O)[C@H]2O. The first-order valence-electron chi connectivity index (χ1n) is 6.13. The van der Waals surface area contributed by atoms with Crippen molar-refractivity contribution in [2.45, 2.75) is 42.2 Å². The molecule has 0 bridgehead atoms. The van der Waals surface area contributed by atoms with Gasteiger partial charge in [0, 0.05) is 5.92 Å². The number of rotatable bonds is 1. The van der Waals surface area contributed by atoms with Crippen LogP contribution in [0.2, 0.25) is 0 Å². The summed E-state index contributed by atoms with van der Waals surface area (Å²) in [5, 5.41) is 49.6. The summed E-state index contributed by atoms with van der Waals surface area (Å²) < 4.78 is 4.98. The van der Waals surface area contributed by atoms with E-state index in [4.69, 9.17) is 4.74 Å². The topological polar surface area (TPSA) is 110 Å². The molecule has 0 radical (unpaired) electrons. The monoisotopic (exact) mass is 268 g/mol. The van der Waals surface area contributed by atoms with E-state index in [1.807, 2.05) is 0 Å². The lowest BCUT2D eigenvalue weighted by Gasteiger charge is -2.61. The Morgan fingerprint density at radius 3 is 2.21 bits per heavy atom. The van der Waals surface area contributed by atoms with Crippen molar-refractivity contribution < 1.29 is 30.3 Å². The highest BCUT2D eigenvalue weighted by molar-refractivity contribution is 5.35. The van der Waals surface area contributed by atoms with Gasteiger partial charge in [0.05, 0.1) is 6.10 Å². The number of fused-ring (bicyclic) bond motifs is 1. The van der Waals surface area contributed by atoms with Crippen molar-refractivity contribution >= 4 is 0 Å². The number of hydrogen-bond donors (Lipinski definition) is 5. The molecule has 3 rings (SSSR count). The summed E-state index contributed by atoms with van der Waals surface area (Å²) in [6.45, 7) is 0. The maximum Gasteiger partial charge on any atom is 0.184 e. The highest BCUT2D eigenvalue weighted by atomic mass is 16.6. The van der Waals surface area contributed by atoms with Gasteiger partial charge in [-0.2, -0.15) is 0 Å². The van der Waals surface area contributed by atoms with Crippen LogP contribution in [0.25, 0.3) is 0 Å². The minimum absolute atomic E-state index is 0.639. The van der Waals surface area contributed by atoms with E-state index < -0.39 is 42.2 Å². The van der Waals surface area contributed by atoms with Gasteiger partial charge in [-0.25, -0.2) is 0 Å². The van der Waals surface area contributed by atoms with Gasteiger partial charge in [0.15, 0.2) is 6.29 Å². The lowest BCUT2D eigenvalue weighted by Crippen LogP contribution is -2.80. The molecule has 1 saturated heterocycles. The number of ether oxygens (including phenoxy) is 1. The fourth-order valence-corrected chi connectivity index (χ4v) is 3.11. The van der Waals surface area contributed by atoms with Gasteiger partial charge in [-0.3, -0.25) is 0 Å². The molecule has 0 amide bonds. The minimum Gasteiger partial charge on any atom is -0.390 e. The van der Waals surface area contributed by atoms with E-state index >= 15 is 0 Å². The van der Waals surface area contributed by atoms with E-state index in [2.05, 4.69) is 0 Å². The molecule has 1 saturated carbocycles. The molecule has 1 aliphatic carbocycles. The molecule has 7 atom stereocenters. The van der Waals surface area contributed by atoms with Crippen LogP contribution in [0.5, 0.6) is 0 Å². The van der Waals surface area contributed by atoms with Gasteiger partial charge in [0.25, 0.3) is 0 Å². The molecule has 2 aliphatic rings. The van der Waals surface area contributed by atoms with Crippen molar-refractivity contribution in [3.63, 3.8) is 0 Å². The van der Waals surface area contributed by atoms with Crippen LogP contribution >= 0.6 is 0 Å². The molecule has 1 aromatic rings. The lowest BCUT2D eigenvalue weighted by molar-refractivity contribution is -0.380. The number of hydrogen-bond acceptors (Lipinski definition) is 6. The second kappa shape index (κ2) is 4.24. The summed E-state index contributed by atoms with van der Waals surface area (Å²) in [6, 6.07) is 8.72. The summed E-state index contributed by atoms with van der Waals surface area (Å²) in [5.41, 5.74) is -1.17. The van der Waals surface area contributed by atoms with Gasteiger partial charge in [-0.05, 0) is 5.56 Å². The molecule has 2 fully saturated rings. The number of benzene rings is 1. The van der Waals surface area contributed by atoms with Crippen LogP contribution in [0.4, 0.5) is 0 Å². The zero-order valence-electron chi connectivity index (χ0n) is 10.00. The van der Waals surface area contributed by atoms with E-state index in [1.54, 1.807) is 30.3 Å². The predicted molar refractivity (Wildman–Crippen MR) is 63.0 cm³/mol. The van der Waals surface area contributed by atoms with Crippen LogP contribution in [0.3, 0.4) is 0 Å². The Morgan fingerprint density at radius 1 is 0.947 bits per heavy atom. The van der Waals surface area contributed by atoms with Crippen molar-refractivity contribution in [2.75, 3.05) is 0 Å². The third-order valence-corrected chi connectivity index (χ3v) is 4.14. The lowest BCUT2D eigenvalue weighted by atomic mass is 9.57. The Morgan fingerprint density at radius 2 is 1.58 bits per heavy atom. The van der Waals surface area contributed by atoms with Gasteiger partial charge in [-0.1, -0.05) is 30.3 Å². The van der Waals surface area contributed by atoms with Gasteiger partial charge in [-0.15, -0.1) is 0 Å². The molecule has 0 spiro atoms. The summed E-state index contributed by atoms with van der Waals surface area (Å²) in [5.74, 6) is -0.768. The summed E-state index contributed by atoms with van der Waals surface area (Å²) >= 11 is 0. The highest BCUT2D eigenvalue weighted by Gasteiger charge is 2.70. The van der Waals surface area contributed by atoms with Gasteiger partial charge in [0.2, 0.25) is 0 Å². The quantitative estimate of drug-likeness (QED) is 0.416. The normalized spacial score (nSPS) is 49.3. The molecule has 0 aromatic heterocycles. The molecule has 104 valence electrons. The fraction of sp³-hybridized carbons (Fsp3) is 0.538. The highest BCUT2D eigenvalue weighted by Crippen LogP contribution is 2.53. The average molecular weight is 268 g/mol. The summed E-state index contributed by atoms with van der Waals surface area (Å²) in [6.07, 6.45) is -6.99. The fourth-order valence-electron chi connectivity index (χ4n) is 3.11. The predicted octanol–water partition coefficient (Wildman–Crippen LogP) is -1.69. The smallest absolute Gasteiger partial charge is 0.184 e. The van der Waals surface area contributed by atoms with Crippen LogP contribution in [0.15, 0.2) is 30.3 Å². The van der Waals surface area contributed by atoms with Crippen LogP contribution in [0.1, 0.15) is 11.5 Å². The molecule has 5 N–H and O–H groups in total. The maximum atomic E-state index is 10.6. The van der Waals surface area contributed by atoms with Crippen LogP contribution < -0.4 is 0 Å². The van der Waals surface area contributed by atoms with Crippen LogP contribution in [-0.4, -0.2) is 61.8 Å². The molecular weight excluding hydrogens is 252 g/mol. The largest absolute Gasteiger partial charge is 0.390 e. The Kier molecular flexibility index (Phi) is 2.90. The van der Waals surface area contributed by atoms with E-state index in [1.165, 1.54) is 0 Å². The summed E-state index contributed by atoms with van der Waals surface area (Å²) in [4.78, 5) is 0. The Balaban J connectivity index is 1.97. The first kappa shape index (κ1) is 13.0. The molecule has 6 nitrogen and oxygen atoms in total. The van der Waals surface area contributed by atoms with Gasteiger partial charge < -0.3 is 30.3 Å². The van der Waals surface area contributed by atoms with Crippen molar-refractivity contribution in [3.05, 3.63) is 35.9 Å².